The van der Waals surface area contributed by atoms with Crippen LogP contribution >= 0.6 is 17.0 Å². The summed E-state index contributed by atoms with van der Waals surface area (Å²) in [6.45, 7) is 3.87. The highest BCUT2D eigenvalue weighted by Crippen LogP contribution is 2.35. The summed E-state index contributed by atoms with van der Waals surface area (Å²) in [6.07, 6.45) is 4.43. The van der Waals surface area contributed by atoms with Crippen molar-refractivity contribution in [1.29, 1.82) is 0 Å². The van der Waals surface area contributed by atoms with Crippen LogP contribution in [0.3, 0.4) is 0 Å². The molecule has 1 aromatic rings. The number of piperidine rings is 1. The lowest BCUT2D eigenvalue weighted by Crippen LogP contribution is -2.43. The van der Waals surface area contributed by atoms with Crippen LogP contribution in [0.5, 0.6) is 0 Å². The fraction of sp³-hybridized carbons (Fsp3) is 0.471. The molecule has 2 unspecified atom stereocenters. The lowest BCUT2D eigenvalue weighted by atomic mass is 10.0. The molecule has 3 nitrogen and oxygen atoms in total. The van der Waals surface area contributed by atoms with Crippen molar-refractivity contribution in [2.45, 2.75) is 43.9 Å². The summed E-state index contributed by atoms with van der Waals surface area (Å²) in [5.74, 6) is -0.273. The standard InChI is InChI=1S/C17H21NO2.BrH/c1-12(13-6-4-3-5-7-13)17(19)20-16-10-14-8-9-15(11-16)18(14)2;/h3-7,14-16H,1,8-11H2,2H3;1H. The van der Waals surface area contributed by atoms with Gasteiger partial charge in [-0.3, -0.25) is 0 Å². The van der Waals surface area contributed by atoms with E-state index in [1.54, 1.807) is 0 Å². The molecule has 0 spiro atoms. The maximum atomic E-state index is 12.2. The third kappa shape index (κ3) is 3.38. The Morgan fingerprint density at radius 3 is 2.33 bits per heavy atom. The second-order valence-electron chi connectivity index (χ2n) is 5.89. The van der Waals surface area contributed by atoms with Gasteiger partial charge in [0.2, 0.25) is 0 Å². The number of ether oxygens (including phenoxy) is 1. The first kappa shape index (κ1) is 16.2. The highest BCUT2D eigenvalue weighted by atomic mass is 79.9. The van der Waals surface area contributed by atoms with E-state index in [1.165, 1.54) is 12.8 Å². The minimum atomic E-state index is -0.273. The average Bonchev–Trinajstić information content (AvgIpc) is 2.69. The highest BCUT2D eigenvalue weighted by Gasteiger charge is 2.39. The van der Waals surface area contributed by atoms with Crippen molar-refractivity contribution in [3.63, 3.8) is 0 Å². The van der Waals surface area contributed by atoms with Gasteiger partial charge in [-0.2, -0.15) is 0 Å². The molecule has 2 aliphatic heterocycles. The smallest absolute Gasteiger partial charge is 0.338 e. The summed E-state index contributed by atoms with van der Waals surface area (Å²) >= 11 is 0. The summed E-state index contributed by atoms with van der Waals surface area (Å²) in [5.41, 5.74) is 1.30. The zero-order chi connectivity index (χ0) is 14.1. The van der Waals surface area contributed by atoms with Gasteiger partial charge < -0.3 is 9.64 Å². The quantitative estimate of drug-likeness (QED) is 0.617. The van der Waals surface area contributed by atoms with Crippen LogP contribution in [-0.4, -0.2) is 36.1 Å². The Bertz CT molecular complexity index is 503. The molecule has 1 aromatic carbocycles. The molecule has 0 N–H and O–H groups in total. The van der Waals surface area contributed by atoms with Gasteiger partial charge in [0.1, 0.15) is 6.10 Å². The SMILES string of the molecule is Br.C=C(C(=O)OC1CC2CCC(C1)N2C)c1ccccc1. The molecule has 0 amide bonds. The van der Waals surface area contributed by atoms with E-state index in [1.807, 2.05) is 30.3 Å². The monoisotopic (exact) mass is 351 g/mol. The summed E-state index contributed by atoms with van der Waals surface area (Å²) in [4.78, 5) is 14.6. The Hall–Kier alpha value is -1.13. The van der Waals surface area contributed by atoms with E-state index in [2.05, 4.69) is 18.5 Å². The van der Waals surface area contributed by atoms with E-state index >= 15 is 0 Å². The van der Waals surface area contributed by atoms with Crippen molar-refractivity contribution in [2.75, 3.05) is 7.05 Å². The van der Waals surface area contributed by atoms with Crippen molar-refractivity contribution in [1.82, 2.24) is 4.90 Å². The maximum Gasteiger partial charge on any atom is 0.338 e. The van der Waals surface area contributed by atoms with Crippen LogP contribution in [0.1, 0.15) is 31.2 Å². The van der Waals surface area contributed by atoms with Crippen LogP contribution in [0.25, 0.3) is 5.57 Å². The zero-order valence-corrected chi connectivity index (χ0v) is 14.0. The third-order valence-corrected chi connectivity index (χ3v) is 4.70. The first-order chi connectivity index (χ1) is 9.65. The molecule has 2 bridgehead atoms. The van der Waals surface area contributed by atoms with E-state index < -0.39 is 0 Å². The van der Waals surface area contributed by atoms with E-state index in [9.17, 15) is 4.79 Å². The highest BCUT2D eigenvalue weighted by molar-refractivity contribution is 8.93. The van der Waals surface area contributed by atoms with Gasteiger partial charge in [0.25, 0.3) is 0 Å². The number of hydrogen-bond acceptors (Lipinski definition) is 3. The summed E-state index contributed by atoms with van der Waals surface area (Å²) in [6, 6.07) is 10.7. The molecule has 0 saturated carbocycles. The van der Waals surface area contributed by atoms with E-state index in [-0.39, 0.29) is 29.1 Å². The Kier molecular flexibility index (Phi) is 5.22. The minimum Gasteiger partial charge on any atom is -0.459 e. The molecule has 2 atom stereocenters. The van der Waals surface area contributed by atoms with Crippen LogP contribution in [0, 0.1) is 0 Å². The largest absolute Gasteiger partial charge is 0.459 e. The maximum absolute atomic E-state index is 12.2. The first-order valence-corrected chi connectivity index (χ1v) is 7.32. The third-order valence-electron chi connectivity index (χ3n) is 4.70. The topological polar surface area (TPSA) is 29.5 Å². The number of halogens is 1. The molecule has 2 aliphatic rings. The molecule has 4 heteroatoms. The van der Waals surface area contributed by atoms with Crippen molar-refractivity contribution in [3.05, 3.63) is 42.5 Å². The minimum absolute atomic E-state index is 0. The van der Waals surface area contributed by atoms with Gasteiger partial charge in [0.15, 0.2) is 0 Å². The number of carbonyl (C=O) groups is 1. The molecule has 2 saturated heterocycles. The summed E-state index contributed by atoms with van der Waals surface area (Å²) < 4.78 is 5.67. The molecule has 0 aromatic heterocycles. The second-order valence-corrected chi connectivity index (χ2v) is 5.89. The van der Waals surface area contributed by atoms with Crippen molar-refractivity contribution < 1.29 is 9.53 Å². The van der Waals surface area contributed by atoms with Crippen LogP contribution in [0.15, 0.2) is 36.9 Å². The van der Waals surface area contributed by atoms with Crippen LogP contribution in [0.2, 0.25) is 0 Å². The van der Waals surface area contributed by atoms with Crippen molar-refractivity contribution in [2.24, 2.45) is 0 Å². The first-order valence-electron chi connectivity index (χ1n) is 7.32. The van der Waals surface area contributed by atoms with Gasteiger partial charge in [0, 0.05) is 24.9 Å². The van der Waals surface area contributed by atoms with Gasteiger partial charge in [-0.15, -0.1) is 17.0 Å². The normalized spacial score (nSPS) is 27.8. The van der Waals surface area contributed by atoms with Gasteiger partial charge in [-0.25, -0.2) is 4.79 Å². The van der Waals surface area contributed by atoms with Gasteiger partial charge in [0.05, 0.1) is 5.57 Å². The molecular weight excluding hydrogens is 330 g/mol. The molecular formula is C17H22BrNO2. The number of benzene rings is 1. The van der Waals surface area contributed by atoms with E-state index in [0.717, 1.165) is 18.4 Å². The fourth-order valence-electron chi connectivity index (χ4n) is 3.44. The Labute approximate surface area is 136 Å². The molecule has 2 heterocycles. The van der Waals surface area contributed by atoms with Crippen molar-refractivity contribution >= 4 is 28.5 Å². The van der Waals surface area contributed by atoms with Crippen LogP contribution in [-0.2, 0) is 9.53 Å². The molecule has 2 fully saturated rings. The van der Waals surface area contributed by atoms with Crippen molar-refractivity contribution in [3.8, 4) is 0 Å². The Morgan fingerprint density at radius 1 is 1.19 bits per heavy atom. The lowest BCUT2D eigenvalue weighted by molar-refractivity contribution is -0.145. The summed E-state index contributed by atoms with van der Waals surface area (Å²) in [5, 5.41) is 0. The molecule has 3 rings (SSSR count). The number of hydrogen-bond donors (Lipinski definition) is 0. The number of rotatable bonds is 3. The van der Waals surface area contributed by atoms with Gasteiger partial charge in [-0.1, -0.05) is 36.9 Å². The van der Waals surface area contributed by atoms with E-state index in [4.69, 9.17) is 4.74 Å². The predicted molar refractivity (Wildman–Crippen MR) is 89.5 cm³/mol. The molecule has 0 aliphatic carbocycles. The second kappa shape index (κ2) is 6.75. The Balaban J connectivity index is 0.00000161. The van der Waals surface area contributed by atoms with Gasteiger partial charge in [-0.05, 0) is 25.5 Å². The number of esters is 1. The fourth-order valence-corrected chi connectivity index (χ4v) is 3.44. The number of fused-ring (bicyclic) bond motifs is 2. The van der Waals surface area contributed by atoms with Gasteiger partial charge >= 0.3 is 5.97 Å². The number of nitrogens with zero attached hydrogens (tertiary/aromatic N) is 1. The van der Waals surface area contributed by atoms with Crippen LogP contribution < -0.4 is 0 Å². The average molecular weight is 352 g/mol. The predicted octanol–water partition coefficient (Wildman–Crippen LogP) is 3.45. The Morgan fingerprint density at radius 2 is 1.76 bits per heavy atom. The number of carbonyl (C=O) groups excluding carboxylic acids is 1. The lowest BCUT2D eigenvalue weighted by Gasteiger charge is -2.35. The zero-order valence-electron chi connectivity index (χ0n) is 12.3. The van der Waals surface area contributed by atoms with E-state index in [0.29, 0.717) is 17.7 Å². The molecule has 0 radical (unpaired) electrons. The molecule has 21 heavy (non-hydrogen) atoms. The van der Waals surface area contributed by atoms with Crippen LogP contribution in [0.4, 0.5) is 0 Å². The molecule has 114 valence electrons. The summed E-state index contributed by atoms with van der Waals surface area (Å²) in [7, 11) is 2.18.